The Bertz CT molecular complexity index is 948. The molecule has 2 aliphatic rings. The van der Waals surface area contributed by atoms with Crippen molar-refractivity contribution in [3.05, 3.63) is 35.6 Å². The van der Waals surface area contributed by atoms with Crippen molar-refractivity contribution in [3.8, 4) is 17.1 Å². The van der Waals surface area contributed by atoms with Crippen molar-refractivity contribution < 1.29 is 4.74 Å². The minimum absolute atomic E-state index is 0.395. The Kier molecular flexibility index (Phi) is 4.32. The summed E-state index contributed by atoms with van der Waals surface area (Å²) >= 11 is 1.85. The number of hydrogen-bond acceptors (Lipinski definition) is 6. The number of likely N-dealkylation sites (tertiary alicyclic amines) is 1. The average Bonchev–Trinajstić information content (AvgIpc) is 3.26. The molecule has 1 aliphatic heterocycles. The highest BCUT2D eigenvalue weighted by molar-refractivity contribution is 7.18. The quantitative estimate of drug-likeness (QED) is 0.667. The second-order valence-electron chi connectivity index (χ2n) is 7.74. The maximum Gasteiger partial charge on any atom is 0.316 e. The minimum Gasteiger partial charge on any atom is -0.467 e. The standard InChI is InChI=1S/C21H24N4OS/c1-13-4-3-7-25(13)17-8-15(9-17)20-24-18-6-5-14(10-19(18)27-20)16-11-22-21(26-2)23-12-16/h5-6,10-13,15,17H,3-4,7-9H2,1-2H3/t13-,15-,17-/m1/s1. The Balaban J connectivity index is 1.34. The van der Waals surface area contributed by atoms with Gasteiger partial charge in [0, 0.05) is 36.0 Å². The van der Waals surface area contributed by atoms with Crippen molar-refractivity contribution in [1.29, 1.82) is 0 Å². The molecule has 1 aromatic carbocycles. The summed E-state index contributed by atoms with van der Waals surface area (Å²) in [6, 6.07) is 8.36. The highest BCUT2D eigenvalue weighted by Crippen LogP contribution is 2.44. The average molecular weight is 381 g/mol. The first-order chi connectivity index (χ1) is 13.2. The van der Waals surface area contributed by atoms with Crippen LogP contribution in [0.1, 0.15) is 43.5 Å². The Hall–Kier alpha value is -2.05. The van der Waals surface area contributed by atoms with E-state index in [1.807, 2.05) is 23.7 Å². The molecule has 0 radical (unpaired) electrons. The van der Waals surface area contributed by atoms with Crippen molar-refractivity contribution in [3.63, 3.8) is 0 Å². The van der Waals surface area contributed by atoms with Gasteiger partial charge in [-0.2, -0.15) is 0 Å². The maximum absolute atomic E-state index is 5.04. The largest absolute Gasteiger partial charge is 0.467 e. The normalized spacial score (nSPS) is 25.6. The van der Waals surface area contributed by atoms with Crippen LogP contribution in [-0.4, -0.2) is 45.6 Å². The molecule has 3 aromatic rings. The zero-order valence-corrected chi connectivity index (χ0v) is 16.6. The Labute approximate surface area is 163 Å². The number of methoxy groups -OCH3 is 1. The van der Waals surface area contributed by atoms with E-state index >= 15 is 0 Å². The van der Waals surface area contributed by atoms with Crippen molar-refractivity contribution >= 4 is 21.6 Å². The van der Waals surface area contributed by atoms with E-state index < -0.39 is 0 Å². The lowest BCUT2D eigenvalue weighted by Gasteiger charge is -2.42. The summed E-state index contributed by atoms with van der Waals surface area (Å²) in [6.07, 6.45) is 8.87. The third kappa shape index (κ3) is 3.11. The van der Waals surface area contributed by atoms with Crippen LogP contribution < -0.4 is 4.74 Å². The molecule has 5 rings (SSSR count). The van der Waals surface area contributed by atoms with Crippen LogP contribution in [0.15, 0.2) is 30.6 Å². The molecule has 1 saturated heterocycles. The highest BCUT2D eigenvalue weighted by atomic mass is 32.1. The van der Waals surface area contributed by atoms with E-state index in [0.29, 0.717) is 11.9 Å². The van der Waals surface area contributed by atoms with Crippen LogP contribution in [0.5, 0.6) is 6.01 Å². The van der Waals surface area contributed by atoms with E-state index in [9.17, 15) is 0 Å². The number of thiazole rings is 1. The number of fused-ring (bicyclic) bond motifs is 1. The highest BCUT2D eigenvalue weighted by Gasteiger charge is 2.39. The first kappa shape index (κ1) is 17.1. The molecule has 3 heterocycles. The monoisotopic (exact) mass is 380 g/mol. The Morgan fingerprint density at radius 2 is 1.96 bits per heavy atom. The fourth-order valence-electron chi connectivity index (χ4n) is 4.43. The van der Waals surface area contributed by atoms with Gasteiger partial charge in [0.2, 0.25) is 0 Å². The number of aromatic nitrogens is 3. The molecule has 1 aliphatic carbocycles. The van der Waals surface area contributed by atoms with E-state index in [-0.39, 0.29) is 0 Å². The minimum atomic E-state index is 0.395. The molecule has 5 nitrogen and oxygen atoms in total. The molecule has 0 unspecified atom stereocenters. The smallest absolute Gasteiger partial charge is 0.316 e. The fraction of sp³-hybridized carbons (Fsp3) is 0.476. The zero-order valence-electron chi connectivity index (χ0n) is 15.8. The van der Waals surface area contributed by atoms with Crippen LogP contribution in [0.25, 0.3) is 21.3 Å². The molecule has 0 amide bonds. The lowest BCUT2D eigenvalue weighted by molar-refractivity contribution is 0.103. The van der Waals surface area contributed by atoms with Crippen molar-refractivity contribution in [2.45, 2.75) is 50.6 Å². The molecular weight excluding hydrogens is 356 g/mol. The Morgan fingerprint density at radius 3 is 2.67 bits per heavy atom. The predicted molar refractivity (Wildman–Crippen MR) is 108 cm³/mol. The predicted octanol–water partition coefficient (Wildman–Crippen LogP) is 4.49. The lowest BCUT2D eigenvalue weighted by atomic mass is 9.79. The summed E-state index contributed by atoms with van der Waals surface area (Å²) in [6.45, 7) is 3.66. The third-order valence-corrected chi connectivity index (χ3v) is 7.27. The van der Waals surface area contributed by atoms with Crippen LogP contribution in [0.4, 0.5) is 0 Å². The first-order valence-corrected chi connectivity index (χ1v) is 10.6. The zero-order chi connectivity index (χ0) is 18.4. The number of ether oxygens (including phenoxy) is 1. The summed E-state index contributed by atoms with van der Waals surface area (Å²) in [5.74, 6) is 0.632. The van der Waals surface area contributed by atoms with Crippen molar-refractivity contribution in [2.24, 2.45) is 0 Å². The van der Waals surface area contributed by atoms with E-state index in [2.05, 4.69) is 40.0 Å². The SMILES string of the molecule is COc1ncc(-c2ccc3nc([C@H]4C[C@H](N5CCC[C@H]5C)C4)sc3c2)cn1. The van der Waals surface area contributed by atoms with Gasteiger partial charge in [0.25, 0.3) is 0 Å². The van der Waals surface area contributed by atoms with Crippen LogP contribution in [0.2, 0.25) is 0 Å². The number of nitrogens with zero attached hydrogens (tertiary/aromatic N) is 4. The van der Waals surface area contributed by atoms with Crippen LogP contribution in [-0.2, 0) is 0 Å². The van der Waals surface area contributed by atoms with Gasteiger partial charge in [0.1, 0.15) is 0 Å². The second kappa shape index (κ2) is 6.84. The van der Waals surface area contributed by atoms with Gasteiger partial charge in [0.15, 0.2) is 0 Å². The molecule has 1 saturated carbocycles. The van der Waals surface area contributed by atoms with Crippen LogP contribution in [0, 0.1) is 0 Å². The van der Waals surface area contributed by atoms with Gasteiger partial charge in [-0.1, -0.05) is 6.07 Å². The molecule has 27 heavy (non-hydrogen) atoms. The molecule has 0 spiro atoms. The second-order valence-corrected chi connectivity index (χ2v) is 8.81. The summed E-state index contributed by atoms with van der Waals surface area (Å²) in [5.41, 5.74) is 3.23. The van der Waals surface area contributed by atoms with Gasteiger partial charge in [-0.3, -0.25) is 4.90 Å². The Morgan fingerprint density at radius 1 is 1.15 bits per heavy atom. The van der Waals surface area contributed by atoms with E-state index in [4.69, 9.17) is 9.72 Å². The van der Waals surface area contributed by atoms with Gasteiger partial charge in [-0.25, -0.2) is 15.0 Å². The number of rotatable bonds is 4. The number of hydrogen-bond donors (Lipinski definition) is 0. The molecule has 1 atom stereocenters. The van der Waals surface area contributed by atoms with Crippen LogP contribution in [0.3, 0.4) is 0 Å². The van der Waals surface area contributed by atoms with Gasteiger partial charge in [-0.15, -0.1) is 11.3 Å². The summed E-state index contributed by atoms with van der Waals surface area (Å²) in [7, 11) is 1.58. The fourth-order valence-corrected chi connectivity index (χ4v) is 5.56. The van der Waals surface area contributed by atoms with Gasteiger partial charge in [0.05, 0.1) is 22.3 Å². The molecule has 140 valence electrons. The molecule has 0 bridgehead atoms. The molecule has 2 fully saturated rings. The van der Waals surface area contributed by atoms with Crippen molar-refractivity contribution in [1.82, 2.24) is 19.9 Å². The molecule has 6 heteroatoms. The van der Waals surface area contributed by atoms with E-state index in [0.717, 1.165) is 28.7 Å². The molecule has 2 aromatic heterocycles. The first-order valence-electron chi connectivity index (χ1n) is 9.74. The topological polar surface area (TPSA) is 51.1 Å². The van der Waals surface area contributed by atoms with Crippen LogP contribution >= 0.6 is 11.3 Å². The maximum atomic E-state index is 5.04. The molecule has 0 N–H and O–H groups in total. The van der Waals surface area contributed by atoms with Gasteiger partial charge < -0.3 is 4.74 Å². The van der Waals surface area contributed by atoms with Gasteiger partial charge in [-0.05, 0) is 56.8 Å². The third-order valence-electron chi connectivity index (χ3n) is 6.08. The van der Waals surface area contributed by atoms with E-state index in [1.54, 1.807) is 7.11 Å². The summed E-state index contributed by atoms with van der Waals surface area (Å²) < 4.78 is 6.29. The van der Waals surface area contributed by atoms with Crippen molar-refractivity contribution in [2.75, 3.05) is 13.7 Å². The number of benzene rings is 1. The summed E-state index contributed by atoms with van der Waals surface area (Å²) in [5, 5.41) is 1.30. The molecular formula is C21H24N4OS. The summed E-state index contributed by atoms with van der Waals surface area (Å²) in [4.78, 5) is 16.1. The lowest BCUT2D eigenvalue weighted by Crippen LogP contribution is -2.45. The van der Waals surface area contributed by atoms with Gasteiger partial charge >= 0.3 is 6.01 Å². The van der Waals surface area contributed by atoms with E-state index in [1.165, 1.54) is 41.9 Å².